The van der Waals surface area contributed by atoms with Gasteiger partial charge in [-0.25, -0.2) is 0 Å². The van der Waals surface area contributed by atoms with Gasteiger partial charge in [-0.15, -0.1) is 0 Å². The molecule has 0 aromatic heterocycles. The Morgan fingerprint density at radius 1 is 1.25 bits per heavy atom. The van der Waals surface area contributed by atoms with Crippen LogP contribution < -0.4 is 15.5 Å². The first-order valence-electron chi connectivity index (χ1n) is 6.23. The molecule has 1 atom stereocenters. The van der Waals surface area contributed by atoms with E-state index < -0.39 is 0 Å². The predicted molar refractivity (Wildman–Crippen MR) is 69.5 cm³/mol. The van der Waals surface area contributed by atoms with Crippen LogP contribution in [0, 0.1) is 0 Å². The van der Waals surface area contributed by atoms with Crippen LogP contribution in [0.15, 0.2) is 18.2 Å². The van der Waals surface area contributed by atoms with Gasteiger partial charge in [-0.3, -0.25) is 0 Å². The van der Waals surface area contributed by atoms with Crippen LogP contribution in [0.2, 0.25) is 0 Å². The van der Waals surface area contributed by atoms with E-state index in [0.717, 1.165) is 6.54 Å². The lowest BCUT2D eigenvalue weighted by Gasteiger charge is -2.30. The van der Waals surface area contributed by atoms with Crippen LogP contribution in [0.1, 0.15) is 19.8 Å². The fourth-order valence-electron chi connectivity index (χ4n) is 2.62. The maximum absolute atomic E-state index is 3.60. The molecule has 0 saturated carbocycles. The molecule has 2 aliphatic rings. The number of para-hydroxylation sites is 1. The zero-order valence-corrected chi connectivity index (χ0v) is 9.79. The summed E-state index contributed by atoms with van der Waals surface area (Å²) in [7, 11) is 0. The van der Waals surface area contributed by atoms with Gasteiger partial charge in [-0.05, 0) is 31.9 Å². The number of benzene rings is 1. The average molecular weight is 217 g/mol. The molecular formula is C13H19N3. The highest BCUT2D eigenvalue weighted by atomic mass is 15.2. The maximum atomic E-state index is 3.60. The molecule has 1 fully saturated rings. The van der Waals surface area contributed by atoms with Crippen LogP contribution in [0.25, 0.3) is 0 Å². The Labute approximate surface area is 96.8 Å². The van der Waals surface area contributed by atoms with Crippen molar-refractivity contribution in [1.29, 1.82) is 0 Å². The smallest absolute Gasteiger partial charge is 0.0816 e. The molecule has 86 valence electrons. The fraction of sp³-hybridized carbons (Fsp3) is 0.538. The van der Waals surface area contributed by atoms with E-state index in [4.69, 9.17) is 0 Å². The van der Waals surface area contributed by atoms with Crippen molar-refractivity contribution < 1.29 is 0 Å². The van der Waals surface area contributed by atoms with E-state index in [2.05, 4.69) is 40.7 Å². The third-order valence-corrected chi connectivity index (χ3v) is 3.48. The van der Waals surface area contributed by atoms with Crippen molar-refractivity contribution >= 4 is 17.1 Å². The summed E-state index contributed by atoms with van der Waals surface area (Å²) in [6.45, 7) is 5.63. The number of hydrogen-bond acceptors (Lipinski definition) is 3. The predicted octanol–water partition coefficient (Wildman–Crippen LogP) is 2.51. The van der Waals surface area contributed by atoms with Crippen molar-refractivity contribution in [3.8, 4) is 0 Å². The van der Waals surface area contributed by atoms with Gasteiger partial charge in [0.25, 0.3) is 0 Å². The largest absolute Gasteiger partial charge is 0.381 e. The highest BCUT2D eigenvalue weighted by molar-refractivity contribution is 5.84. The van der Waals surface area contributed by atoms with Crippen molar-refractivity contribution in [3.05, 3.63) is 18.2 Å². The molecule has 2 aliphatic heterocycles. The molecule has 16 heavy (non-hydrogen) atoms. The summed E-state index contributed by atoms with van der Waals surface area (Å²) in [4.78, 5) is 2.49. The molecule has 0 spiro atoms. The van der Waals surface area contributed by atoms with Crippen LogP contribution in [0.4, 0.5) is 17.1 Å². The first-order valence-corrected chi connectivity index (χ1v) is 6.23. The third-order valence-electron chi connectivity index (χ3n) is 3.48. The summed E-state index contributed by atoms with van der Waals surface area (Å²) in [6.07, 6.45) is 2.65. The van der Waals surface area contributed by atoms with Crippen molar-refractivity contribution in [2.45, 2.75) is 25.8 Å². The minimum absolute atomic E-state index is 0.510. The Bertz CT molecular complexity index is 383. The molecular weight excluding hydrogens is 198 g/mol. The van der Waals surface area contributed by atoms with Gasteiger partial charge >= 0.3 is 0 Å². The normalized spacial score (nSPS) is 23.6. The second kappa shape index (κ2) is 3.89. The molecule has 0 bridgehead atoms. The Morgan fingerprint density at radius 3 is 2.88 bits per heavy atom. The van der Waals surface area contributed by atoms with Crippen LogP contribution in [0.3, 0.4) is 0 Å². The van der Waals surface area contributed by atoms with Gasteiger partial charge in [0.15, 0.2) is 0 Å². The Balaban J connectivity index is 1.98. The molecule has 0 amide bonds. The van der Waals surface area contributed by atoms with E-state index in [9.17, 15) is 0 Å². The van der Waals surface area contributed by atoms with E-state index >= 15 is 0 Å². The van der Waals surface area contributed by atoms with Gasteiger partial charge in [0, 0.05) is 25.7 Å². The van der Waals surface area contributed by atoms with Crippen LogP contribution in [-0.4, -0.2) is 25.7 Å². The number of fused-ring (bicyclic) bond motifs is 1. The van der Waals surface area contributed by atoms with E-state index in [1.54, 1.807) is 0 Å². The minimum Gasteiger partial charge on any atom is -0.381 e. The topological polar surface area (TPSA) is 27.3 Å². The number of hydrogen-bond donors (Lipinski definition) is 2. The SMILES string of the molecule is C[C@H]1CNc2cccc(N3CCCC3)c2N1. The van der Waals surface area contributed by atoms with E-state index in [0.29, 0.717) is 6.04 Å². The van der Waals surface area contributed by atoms with Gasteiger partial charge in [0.2, 0.25) is 0 Å². The average Bonchev–Trinajstić information content (AvgIpc) is 2.81. The highest BCUT2D eigenvalue weighted by Crippen LogP contribution is 2.37. The number of nitrogens with one attached hydrogen (secondary N) is 2. The maximum Gasteiger partial charge on any atom is 0.0816 e. The zero-order valence-electron chi connectivity index (χ0n) is 9.79. The molecule has 2 N–H and O–H groups in total. The first-order chi connectivity index (χ1) is 7.84. The fourth-order valence-corrected chi connectivity index (χ4v) is 2.62. The van der Waals surface area contributed by atoms with Crippen LogP contribution >= 0.6 is 0 Å². The summed E-state index contributed by atoms with van der Waals surface area (Å²) in [5.74, 6) is 0. The van der Waals surface area contributed by atoms with Crippen molar-refractivity contribution in [2.24, 2.45) is 0 Å². The van der Waals surface area contributed by atoms with Crippen molar-refractivity contribution in [3.63, 3.8) is 0 Å². The minimum atomic E-state index is 0.510. The standard InChI is InChI=1S/C13H19N3/c1-10-9-14-11-5-4-6-12(13(11)15-10)16-7-2-3-8-16/h4-6,10,14-15H,2-3,7-9H2,1H3/t10-/m0/s1. The zero-order chi connectivity index (χ0) is 11.0. The molecule has 3 rings (SSSR count). The Hall–Kier alpha value is -1.38. The lowest BCUT2D eigenvalue weighted by molar-refractivity contribution is 0.814. The van der Waals surface area contributed by atoms with Crippen LogP contribution in [0.5, 0.6) is 0 Å². The number of nitrogens with zero attached hydrogens (tertiary/aromatic N) is 1. The molecule has 2 heterocycles. The quantitative estimate of drug-likeness (QED) is 0.757. The molecule has 3 heteroatoms. The van der Waals surface area contributed by atoms with Crippen molar-refractivity contribution in [1.82, 2.24) is 0 Å². The van der Waals surface area contributed by atoms with E-state index in [1.165, 1.54) is 43.0 Å². The van der Waals surface area contributed by atoms with Gasteiger partial charge < -0.3 is 15.5 Å². The second-order valence-corrected chi connectivity index (χ2v) is 4.82. The lowest BCUT2D eigenvalue weighted by atomic mass is 10.1. The molecule has 0 aliphatic carbocycles. The molecule has 1 aromatic carbocycles. The lowest BCUT2D eigenvalue weighted by Crippen LogP contribution is -2.31. The monoisotopic (exact) mass is 217 g/mol. The molecule has 1 saturated heterocycles. The van der Waals surface area contributed by atoms with Gasteiger partial charge in [-0.1, -0.05) is 6.07 Å². The highest BCUT2D eigenvalue weighted by Gasteiger charge is 2.21. The number of rotatable bonds is 1. The van der Waals surface area contributed by atoms with E-state index in [-0.39, 0.29) is 0 Å². The molecule has 3 nitrogen and oxygen atoms in total. The summed E-state index contributed by atoms with van der Waals surface area (Å²) in [5, 5.41) is 7.09. The van der Waals surface area contributed by atoms with Crippen LogP contribution in [-0.2, 0) is 0 Å². The molecule has 0 radical (unpaired) electrons. The van der Waals surface area contributed by atoms with Gasteiger partial charge in [0.1, 0.15) is 0 Å². The summed E-state index contributed by atoms with van der Waals surface area (Å²) in [5.41, 5.74) is 3.92. The van der Waals surface area contributed by atoms with Gasteiger partial charge in [0.05, 0.1) is 17.1 Å². The molecule has 0 unspecified atom stereocenters. The third kappa shape index (κ3) is 1.60. The molecule has 1 aromatic rings. The summed E-state index contributed by atoms with van der Waals surface area (Å²) < 4.78 is 0. The second-order valence-electron chi connectivity index (χ2n) is 4.82. The summed E-state index contributed by atoms with van der Waals surface area (Å²) >= 11 is 0. The Kier molecular flexibility index (Phi) is 2.39. The van der Waals surface area contributed by atoms with Crippen molar-refractivity contribution in [2.75, 3.05) is 35.2 Å². The Morgan fingerprint density at radius 2 is 2.06 bits per heavy atom. The first kappa shape index (κ1) is 9.82. The number of anilines is 3. The van der Waals surface area contributed by atoms with Gasteiger partial charge in [-0.2, -0.15) is 0 Å². The van der Waals surface area contributed by atoms with E-state index in [1.807, 2.05) is 0 Å². The summed E-state index contributed by atoms with van der Waals surface area (Å²) in [6, 6.07) is 7.05.